The molecule has 0 aliphatic heterocycles. The van der Waals surface area contributed by atoms with Crippen molar-refractivity contribution < 1.29 is 9.53 Å². The first-order valence-electron chi connectivity index (χ1n) is 2.76. The van der Waals surface area contributed by atoms with E-state index in [0.29, 0.717) is 5.05 Å². The minimum absolute atomic E-state index is 0.142. The number of carbonyl (C=O) groups excluding carboxylic acids is 1. The van der Waals surface area contributed by atoms with Gasteiger partial charge in [0.05, 0.1) is 0 Å². The zero-order valence-electron chi connectivity index (χ0n) is 5.80. The molecule has 0 amide bonds. The van der Waals surface area contributed by atoms with Crippen LogP contribution in [0.5, 0.6) is 0 Å². The Morgan fingerprint density at radius 2 is 2.00 bits per heavy atom. The van der Waals surface area contributed by atoms with Crippen LogP contribution in [0.2, 0.25) is 0 Å². The van der Waals surface area contributed by atoms with Gasteiger partial charge in [0.15, 0.2) is 5.05 Å². The molecule has 0 aliphatic rings. The molecule has 0 aliphatic carbocycles. The van der Waals surface area contributed by atoms with Gasteiger partial charge < -0.3 is 4.74 Å². The first kappa shape index (κ1) is 8.56. The van der Waals surface area contributed by atoms with Crippen LogP contribution < -0.4 is 0 Å². The maximum atomic E-state index is 10.2. The Balaban J connectivity index is 3.64. The van der Waals surface area contributed by atoms with Gasteiger partial charge in [0.1, 0.15) is 0 Å². The minimum Gasteiger partial charge on any atom is -0.419 e. The largest absolute Gasteiger partial charge is 0.419 e. The second-order valence-corrected chi connectivity index (χ2v) is 2.47. The molecule has 0 bridgehead atoms. The van der Waals surface area contributed by atoms with Crippen molar-refractivity contribution in [3.8, 4) is 0 Å². The van der Waals surface area contributed by atoms with E-state index >= 15 is 0 Å². The van der Waals surface area contributed by atoms with E-state index in [0.717, 1.165) is 0 Å². The maximum Gasteiger partial charge on any atom is 0.308 e. The molecule has 0 aromatic rings. The summed E-state index contributed by atoms with van der Waals surface area (Å²) in [5.74, 6) is -0.197. The van der Waals surface area contributed by atoms with E-state index in [2.05, 4.69) is 4.74 Å². The highest BCUT2D eigenvalue weighted by Crippen LogP contribution is 1.98. The SMILES string of the molecule is CC(=O)OC(=S)C(C)C. The van der Waals surface area contributed by atoms with Crippen LogP contribution in [-0.2, 0) is 9.53 Å². The Bertz CT molecular complexity index is 129. The number of carbonyl (C=O) groups is 1. The fourth-order valence-corrected chi connectivity index (χ4v) is 0.377. The summed E-state index contributed by atoms with van der Waals surface area (Å²) in [5.41, 5.74) is 0. The Morgan fingerprint density at radius 1 is 1.56 bits per heavy atom. The molecule has 0 saturated carbocycles. The number of thiocarbonyl (C=S) groups is 1. The monoisotopic (exact) mass is 146 g/mol. The van der Waals surface area contributed by atoms with E-state index in [4.69, 9.17) is 12.2 Å². The summed E-state index contributed by atoms with van der Waals surface area (Å²) in [4.78, 5) is 10.2. The predicted molar refractivity (Wildman–Crippen MR) is 39.2 cm³/mol. The number of hydrogen-bond donors (Lipinski definition) is 0. The Hall–Kier alpha value is -0.440. The average molecular weight is 146 g/mol. The van der Waals surface area contributed by atoms with E-state index in [9.17, 15) is 4.79 Å². The van der Waals surface area contributed by atoms with E-state index < -0.39 is 0 Å². The molecule has 0 atom stereocenters. The van der Waals surface area contributed by atoms with E-state index in [1.807, 2.05) is 13.8 Å². The van der Waals surface area contributed by atoms with Crippen LogP contribution in [0.15, 0.2) is 0 Å². The summed E-state index contributed by atoms with van der Waals surface area (Å²) in [6.07, 6.45) is 0. The van der Waals surface area contributed by atoms with Crippen LogP contribution in [0, 0.1) is 5.92 Å². The third kappa shape index (κ3) is 4.09. The van der Waals surface area contributed by atoms with Gasteiger partial charge in [-0.05, 0) is 12.2 Å². The number of rotatable bonds is 1. The van der Waals surface area contributed by atoms with Gasteiger partial charge >= 0.3 is 5.97 Å². The van der Waals surface area contributed by atoms with Crippen LogP contribution in [-0.4, -0.2) is 11.0 Å². The van der Waals surface area contributed by atoms with Gasteiger partial charge in [0.25, 0.3) is 0 Å². The van der Waals surface area contributed by atoms with Crippen molar-refractivity contribution >= 4 is 23.2 Å². The summed E-state index contributed by atoms with van der Waals surface area (Å²) in [7, 11) is 0. The molecule has 2 nitrogen and oxygen atoms in total. The smallest absolute Gasteiger partial charge is 0.308 e. The highest BCUT2D eigenvalue weighted by Gasteiger charge is 2.04. The summed E-state index contributed by atoms with van der Waals surface area (Å²) in [6, 6.07) is 0. The third-order valence-corrected chi connectivity index (χ3v) is 1.27. The highest BCUT2D eigenvalue weighted by atomic mass is 32.1. The molecule has 0 rings (SSSR count). The molecule has 0 spiro atoms. The van der Waals surface area contributed by atoms with E-state index in [1.54, 1.807) is 0 Å². The lowest BCUT2D eigenvalue weighted by atomic mass is 10.2. The lowest BCUT2D eigenvalue weighted by molar-refractivity contribution is -0.133. The number of esters is 1. The van der Waals surface area contributed by atoms with Crippen LogP contribution in [0.3, 0.4) is 0 Å². The van der Waals surface area contributed by atoms with Crippen molar-refractivity contribution in [1.82, 2.24) is 0 Å². The van der Waals surface area contributed by atoms with Crippen molar-refractivity contribution in [2.24, 2.45) is 5.92 Å². The predicted octanol–water partition coefficient (Wildman–Crippen LogP) is 1.53. The quantitative estimate of drug-likeness (QED) is 0.414. The average Bonchev–Trinajstić information content (AvgIpc) is 1.63. The van der Waals surface area contributed by atoms with Gasteiger partial charge in [-0.1, -0.05) is 13.8 Å². The maximum absolute atomic E-state index is 10.2. The van der Waals surface area contributed by atoms with Gasteiger partial charge in [0.2, 0.25) is 0 Å². The van der Waals surface area contributed by atoms with Crippen molar-refractivity contribution in [3.05, 3.63) is 0 Å². The summed E-state index contributed by atoms with van der Waals surface area (Å²) in [5, 5.41) is 0.363. The topological polar surface area (TPSA) is 26.3 Å². The molecule has 0 heterocycles. The molecule has 0 radical (unpaired) electrons. The second-order valence-electron chi connectivity index (χ2n) is 2.07. The lowest BCUT2D eigenvalue weighted by Gasteiger charge is -2.04. The standard InChI is InChI=1S/C6H10O2S/c1-4(2)6(9)8-5(3)7/h4H,1-3H3. The zero-order valence-corrected chi connectivity index (χ0v) is 6.62. The molecule has 3 heteroatoms. The zero-order chi connectivity index (χ0) is 7.44. The first-order chi connectivity index (χ1) is 4.04. The second kappa shape index (κ2) is 3.56. The fourth-order valence-electron chi connectivity index (χ4n) is 0.260. The van der Waals surface area contributed by atoms with Crippen LogP contribution in [0.25, 0.3) is 0 Å². The van der Waals surface area contributed by atoms with Crippen molar-refractivity contribution in [2.45, 2.75) is 20.8 Å². The highest BCUT2D eigenvalue weighted by molar-refractivity contribution is 7.80. The molecule has 0 unspecified atom stereocenters. The number of ether oxygens (including phenoxy) is 1. The molecule has 52 valence electrons. The summed E-state index contributed by atoms with van der Waals surface area (Å²) in [6.45, 7) is 5.10. The summed E-state index contributed by atoms with van der Waals surface area (Å²) < 4.78 is 4.60. The van der Waals surface area contributed by atoms with Gasteiger partial charge in [-0.15, -0.1) is 0 Å². The van der Waals surface area contributed by atoms with Crippen molar-refractivity contribution in [3.63, 3.8) is 0 Å². The minimum atomic E-state index is -0.339. The fraction of sp³-hybridized carbons (Fsp3) is 0.667. The Morgan fingerprint density at radius 3 is 2.11 bits per heavy atom. The van der Waals surface area contributed by atoms with Gasteiger partial charge in [-0.2, -0.15) is 0 Å². The third-order valence-electron chi connectivity index (χ3n) is 0.716. The number of hydrogen-bond acceptors (Lipinski definition) is 3. The van der Waals surface area contributed by atoms with Crippen LogP contribution >= 0.6 is 12.2 Å². The van der Waals surface area contributed by atoms with E-state index in [-0.39, 0.29) is 11.9 Å². The first-order valence-corrected chi connectivity index (χ1v) is 3.17. The van der Waals surface area contributed by atoms with Gasteiger partial charge in [0, 0.05) is 12.8 Å². The normalized spacial score (nSPS) is 9.33. The van der Waals surface area contributed by atoms with Crippen molar-refractivity contribution in [2.75, 3.05) is 0 Å². The molecule has 0 N–H and O–H groups in total. The molecular formula is C6H10O2S. The lowest BCUT2D eigenvalue weighted by Crippen LogP contribution is -2.12. The molecule has 0 aromatic carbocycles. The molecule has 0 aromatic heterocycles. The van der Waals surface area contributed by atoms with E-state index in [1.165, 1.54) is 6.92 Å². The molecule has 0 fully saturated rings. The van der Waals surface area contributed by atoms with Gasteiger partial charge in [-0.3, -0.25) is 4.79 Å². The Labute approximate surface area is 60.2 Å². The Kier molecular flexibility index (Phi) is 3.39. The van der Waals surface area contributed by atoms with Gasteiger partial charge in [-0.25, -0.2) is 0 Å². The van der Waals surface area contributed by atoms with Crippen LogP contribution in [0.1, 0.15) is 20.8 Å². The molecular weight excluding hydrogens is 136 g/mol. The van der Waals surface area contributed by atoms with Crippen LogP contribution in [0.4, 0.5) is 0 Å². The molecule has 0 saturated heterocycles. The molecule has 9 heavy (non-hydrogen) atoms. The summed E-state index contributed by atoms with van der Waals surface area (Å²) >= 11 is 4.71. The van der Waals surface area contributed by atoms with Crippen molar-refractivity contribution in [1.29, 1.82) is 0 Å².